The summed E-state index contributed by atoms with van der Waals surface area (Å²) in [4.78, 5) is 17.0. The van der Waals surface area contributed by atoms with Gasteiger partial charge in [-0.05, 0) is 36.8 Å². The number of nitrogens with zero attached hydrogens (tertiary/aromatic N) is 2. The maximum Gasteiger partial charge on any atom is 0.170 e. The third kappa shape index (κ3) is 2.57. The van der Waals surface area contributed by atoms with Crippen molar-refractivity contribution in [3.05, 3.63) is 64.4 Å². The highest BCUT2D eigenvalue weighted by molar-refractivity contribution is 6.31. The lowest BCUT2D eigenvalue weighted by molar-refractivity contribution is 0.0989. The topological polar surface area (TPSA) is 34.9 Å². The van der Waals surface area contributed by atoms with E-state index in [9.17, 15) is 4.79 Å². The largest absolute Gasteiger partial charge is 0.331 e. The maximum absolute atomic E-state index is 12.5. The first kappa shape index (κ1) is 13.8. The van der Waals surface area contributed by atoms with Gasteiger partial charge < -0.3 is 4.57 Å². The van der Waals surface area contributed by atoms with Crippen molar-refractivity contribution < 1.29 is 4.79 Å². The molecule has 0 aliphatic rings. The van der Waals surface area contributed by atoms with Gasteiger partial charge >= 0.3 is 0 Å². The van der Waals surface area contributed by atoms with Gasteiger partial charge in [0.1, 0.15) is 5.82 Å². The molecule has 21 heavy (non-hydrogen) atoms. The molecule has 0 saturated carbocycles. The SMILES string of the molecule is Cc1ccc(Cl)cc1C(=O)Cc1nc2ccccc2n1C. The molecule has 0 fully saturated rings. The third-order valence-electron chi connectivity index (χ3n) is 3.70. The highest BCUT2D eigenvalue weighted by Gasteiger charge is 2.15. The normalized spacial score (nSPS) is 11.0. The van der Waals surface area contributed by atoms with E-state index in [2.05, 4.69) is 4.98 Å². The zero-order valence-electron chi connectivity index (χ0n) is 11.9. The van der Waals surface area contributed by atoms with Crippen LogP contribution in [-0.4, -0.2) is 15.3 Å². The van der Waals surface area contributed by atoms with E-state index in [1.54, 1.807) is 12.1 Å². The van der Waals surface area contributed by atoms with Gasteiger partial charge in [0.2, 0.25) is 0 Å². The van der Waals surface area contributed by atoms with E-state index in [1.165, 1.54) is 0 Å². The van der Waals surface area contributed by atoms with Crippen LogP contribution >= 0.6 is 11.6 Å². The number of aromatic nitrogens is 2. The molecule has 3 aromatic rings. The second-order valence-corrected chi connectivity index (χ2v) is 5.57. The van der Waals surface area contributed by atoms with Crippen LogP contribution in [0, 0.1) is 6.92 Å². The van der Waals surface area contributed by atoms with Crippen molar-refractivity contribution in [2.45, 2.75) is 13.3 Å². The molecule has 0 aliphatic carbocycles. The number of carbonyl (C=O) groups is 1. The Kier molecular flexibility index (Phi) is 3.52. The predicted octanol–water partition coefficient (Wildman–Crippen LogP) is 3.96. The first-order chi connectivity index (χ1) is 10.1. The average Bonchev–Trinajstić information content (AvgIpc) is 2.78. The van der Waals surface area contributed by atoms with Gasteiger partial charge in [0.15, 0.2) is 5.78 Å². The van der Waals surface area contributed by atoms with E-state index in [0.717, 1.165) is 22.4 Å². The van der Waals surface area contributed by atoms with Gasteiger partial charge in [-0.15, -0.1) is 0 Å². The van der Waals surface area contributed by atoms with E-state index < -0.39 is 0 Å². The minimum atomic E-state index is 0.0356. The summed E-state index contributed by atoms with van der Waals surface area (Å²) in [6.45, 7) is 1.92. The van der Waals surface area contributed by atoms with Crippen molar-refractivity contribution in [1.29, 1.82) is 0 Å². The average molecular weight is 299 g/mol. The number of para-hydroxylation sites is 2. The first-order valence-electron chi connectivity index (χ1n) is 6.76. The quantitative estimate of drug-likeness (QED) is 0.686. The molecule has 0 amide bonds. The minimum Gasteiger partial charge on any atom is -0.331 e. The maximum atomic E-state index is 12.5. The van der Waals surface area contributed by atoms with Crippen LogP contribution in [0.1, 0.15) is 21.7 Å². The molecule has 2 aromatic carbocycles. The standard InChI is InChI=1S/C17H15ClN2O/c1-11-7-8-12(18)9-13(11)16(21)10-17-19-14-5-3-4-6-15(14)20(17)2/h3-9H,10H2,1-2H3. The Morgan fingerprint density at radius 3 is 2.76 bits per heavy atom. The van der Waals surface area contributed by atoms with Crippen molar-refractivity contribution >= 4 is 28.4 Å². The molecule has 4 heteroatoms. The second-order valence-electron chi connectivity index (χ2n) is 5.13. The summed E-state index contributed by atoms with van der Waals surface area (Å²) in [6.07, 6.45) is 0.270. The number of rotatable bonds is 3. The number of hydrogen-bond donors (Lipinski definition) is 0. The van der Waals surface area contributed by atoms with Gasteiger partial charge in [-0.3, -0.25) is 4.79 Å². The Labute approximate surface area is 128 Å². The Morgan fingerprint density at radius 1 is 1.24 bits per heavy atom. The van der Waals surface area contributed by atoms with Gasteiger partial charge in [0, 0.05) is 17.6 Å². The summed E-state index contributed by atoms with van der Waals surface area (Å²) < 4.78 is 1.97. The highest BCUT2D eigenvalue weighted by Crippen LogP contribution is 2.19. The number of benzene rings is 2. The van der Waals surface area contributed by atoms with Crippen molar-refractivity contribution in [2.24, 2.45) is 7.05 Å². The van der Waals surface area contributed by atoms with Crippen LogP contribution in [0.15, 0.2) is 42.5 Å². The van der Waals surface area contributed by atoms with Gasteiger partial charge in [0.05, 0.1) is 17.5 Å². The Bertz CT molecular complexity index is 836. The van der Waals surface area contributed by atoms with Crippen LogP contribution in [0.3, 0.4) is 0 Å². The number of aryl methyl sites for hydroxylation is 2. The summed E-state index contributed by atoms with van der Waals surface area (Å²) in [5.74, 6) is 0.800. The molecular formula is C17H15ClN2O. The molecule has 0 saturated heterocycles. The highest BCUT2D eigenvalue weighted by atomic mass is 35.5. The van der Waals surface area contributed by atoms with E-state index in [-0.39, 0.29) is 12.2 Å². The van der Waals surface area contributed by atoms with Gasteiger partial charge in [-0.2, -0.15) is 0 Å². The van der Waals surface area contributed by atoms with Crippen molar-refractivity contribution in [2.75, 3.05) is 0 Å². The minimum absolute atomic E-state index is 0.0356. The summed E-state index contributed by atoms with van der Waals surface area (Å²) in [7, 11) is 1.93. The predicted molar refractivity (Wildman–Crippen MR) is 84.9 cm³/mol. The van der Waals surface area contributed by atoms with Crippen LogP contribution < -0.4 is 0 Å². The number of ketones is 1. The number of halogens is 1. The van der Waals surface area contributed by atoms with E-state index in [0.29, 0.717) is 10.6 Å². The lowest BCUT2D eigenvalue weighted by atomic mass is 10.0. The molecule has 0 spiro atoms. The molecule has 1 heterocycles. The molecule has 0 atom stereocenters. The summed E-state index contributed by atoms with van der Waals surface area (Å²) >= 11 is 5.99. The third-order valence-corrected chi connectivity index (χ3v) is 3.93. The van der Waals surface area contributed by atoms with Gasteiger partial charge in [0.25, 0.3) is 0 Å². The summed E-state index contributed by atoms with van der Waals surface area (Å²) in [6, 6.07) is 13.3. The van der Waals surface area contributed by atoms with Crippen LogP contribution in [0.4, 0.5) is 0 Å². The number of imidazole rings is 1. The van der Waals surface area contributed by atoms with Gasteiger partial charge in [-0.1, -0.05) is 29.8 Å². The zero-order valence-corrected chi connectivity index (χ0v) is 12.7. The number of Topliss-reactive ketones (excluding diaryl/α,β-unsaturated/α-hetero) is 1. The van der Waals surface area contributed by atoms with E-state index in [4.69, 9.17) is 11.6 Å². The number of fused-ring (bicyclic) bond motifs is 1. The molecule has 0 bridgehead atoms. The smallest absolute Gasteiger partial charge is 0.170 e. The summed E-state index contributed by atoms with van der Waals surface area (Å²) in [5.41, 5.74) is 3.53. The van der Waals surface area contributed by atoms with Crippen LogP contribution in [0.2, 0.25) is 5.02 Å². The molecule has 106 valence electrons. The van der Waals surface area contributed by atoms with E-state index >= 15 is 0 Å². The molecule has 0 aliphatic heterocycles. The fourth-order valence-corrected chi connectivity index (χ4v) is 2.66. The number of carbonyl (C=O) groups excluding carboxylic acids is 1. The van der Waals surface area contributed by atoms with Crippen LogP contribution in [0.5, 0.6) is 0 Å². The Hall–Kier alpha value is -2.13. The van der Waals surface area contributed by atoms with E-state index in [1.807, 2.05) is 48.9 Å². The Balaban J connectivity index is 1.96. The van der Waals surface area contributed by atoms with Crippen LogP contribution in [0.25, 0.3) is 11.0 Å². The second kappa shape index (κ2) is 5.34. The molecule has 1 aromatic heterocycles. The molecule has 0 unspecified atom stereocenters. The summed E-state index contributed by atoms with van der Waals surface area (Å²) in [5, 5.41) is 0.578. The lowest BCUT2D eigenvalue weighted by Gasteiger charge is -2.06. The van der Waals surface area contributed by atoms with Gasteiger partial charge in [-0.25, -0.2) is 4.98 Å². The Morgan fingerprint density at radius 2 is 2.00 bits per heavy atom. The molecule has 0 radical (unpaired) electrons. The van der Waals surface area contributed by atoms with Crippen LogP contribution in [-0.2, 0) is 13.5 Å². The first-order valence-corrected chi connectivity index (χ1v) is 7.14. The van der Waals surface area contributed by atoms with Crippen molar-refractivity contribution in [3.8, 4) is 0 Å². The fourth-order valence-electron chi connectivity index (χ4n) is 2.49. The van der Waals surface area contributed by atoms with Crippen molar-refractivity contribution in [1.82, 2.24) is 9.55 Å². The van der Waals surface area contributed by atoms with Crippen molar-refractivity contribution in [3.63, 3.8) is 0 Å². The fraction of sp³-hybridized carbons (Fsp3) is 0.176. The monoisotopic (exact) mass is 298 g/mol. The molecular weight excluding hydrogens is 284 g/mol. The molecule has 3 nitrogen and oxygen atoms in total. The zero-order chi connectivity index (χ0) is 15.0. The lowest BCUT2D eigenvalue weighted by Crippen LogP contribution is -2.09. The molecule has 0 N–H and O–H groups in total. The molecule has 3 rings (SSSR count). The number of hydrogen-bond acceptors (Lipinski definition) is 2.